The number of rotatable bonds is 8. The number of para-hydroxylation sites is 2. The molecule has 0 unspecified atom stereocenters. The Morgan fingerprint density at radius 1 is 0.852 bits per heavy atom. The zero-order valence-electron chi connectivity index (χ0n) is 16.2. The fraction of sp³-hybridized carbons (Fsp3) is 0.455. The molecule has 0 amide bonds. The highest BCUT2D eigenvalue weighted by Crippen LogP contribution is 2.36. The van der Waals surface area contributed by atoms with Gasteiger partial charge in [0.15, 0.2) is 11.5 Å². The summed E-state index contributed by atoms with van der Waals surface area (Å²) in [5.41, 5.74) is 8.37. The molecule has 0 saturated carbocycles. The lowest BCUT2D eigenvalue weighted by molar-refractivity contribution is 0.144. The van der Waals surface area contributed by atoms with Gasteiger partial charge in [0.1, 0.15) is 12.4 Å². The summed E-state index contributed by atoms with van der Waals surface area (Å²) >= 11 is 0. The maximum absolute atomic E-state index is 6.25. The summed E-state index contributed by atoms with van der Waals surface area (Å²) < 4.78 is 17.1. The van der Waals surface area contributed by atoms with Gasteiger partial charge < -0.3 is 24.8 Å². The summed E-state index contributed by atoms with van der Waals surface area (Å²) in [4.78, 5) is 2.45. The molecule has 27 heavy (non-hydrogen) atoms. The van der Waals surface area contributed by atoms with Gasteiger partial charge >= 0.3 is 0 Å². The van der Waals surface area contributed by atoms with Crippen LogP contribution < -0.4 is 20.1 Å². The third kappa shape index (κ3) is 5.15. The second-order valence-corrected chi connectivity index (χ2v) is 6.75. The highest BCUT2D eigenvalue weighted by atomic mass is 16.5. The molecule has 0 aliphatic carbocycles. The Labute approximate surface area is 162 Å². The summed E-state index contributed by atoms with van der Waals surface area (Å²) in [5, 5.41) is 0. The Morgan fingerprint density at radius 3 is 2.26 bits per heavy atom. The predicted molar refractivity (Wildman–Crippen MR) is 109 cm³/mol. The normalized spacial score (nSPS) is 14.7. The molecule has 1 aliphatic rings. The minimum absolute atomic E-state index is 0.439. The van der Waals surface area contributed by atoms with Crippen LogP contribution in [0.3, 0.4) is 0 Å². The second-order valence-electron chi connectivity index (χ2n) is 6.75. The van der Waals surface area contributed by atoms with Gasteiger partial charge in [-0.1, -0.05) is 31.0 Å². The van der Waals surface area contributed by atoms with Crippen molar-refractivity contribution in [1.29, 1.82) is 0 Å². The SMILES string of the molecule is COCCOc1ccccc1Oc1cccc(N2CCCCCC2)c1CN. The average molecular weight is 370 g/mol. The van der Waals surface area contributed by atoms with E-state index in [1.807, 2.05) is 36.4 Å². The first-order valence-corrected chi connectivity index (χ1v) is 9.79. The van der Waals surface area contributed by atoms with Gasteiger partial charge in [-0.25, -0.2) is 0 Å². The van der Waals surface area contributed by atoms with E-state index in [0.717, 1.165) is 24.4 Å². The third-order valence-electron chi connectivity index (χ3n) is 4.87. The van der Waals surface area contributed by atoms with Crippen molar-refractivity contribution in [2.45, 2.75) is 32.2 Å². The van der Waals surface area contributed by atoms with Crippen molar-refractivity contribution in [2.75, 3.05) is 38.3 Å². The molecule has 5 heteroatoms. The Bertz CT molecular complexity index is 712. The van der Waals surface area contributed by atoms with Gasteiger partial charge in [0.05, 0.1) is 6.61 Å². The molecule has 0 aromatic heterocycles. The van der Waals surface area contributed by atoms with Gasteiger partial charge in [-0.05, 0) is 37.1 Å². The summed E-state index contributed by atoms with van der Waals surface area (Å²) in [7, 11) is 1.66. The number of ether oxygens (including phenoxy) is 3. The molecule has 1 fully saturated rings. The molecule has 2 N–H and O–H groups in total. The van der Waals surface area contributed by atoms with Crippen LogP contribution in [0.2, 0.25) is 0 Å². The molecule has 0 spiro atoms. The molecule has 1 saturated heterocycles. The number of benzene rings is 2. The summed E-state index contributed by atoms with van der Waals surface area (Å²) in [6.45, 7) is 3.61. The topological polar surface area (TPSA) is 57.0 Å². The van der Waals surface area contributed by atoms with E-state index in [2.05, 4.69) is 11.0 Å². The largest absolute Gasteiger partial charge is 0.487 e. The van der Waals surface area contributed by atoms with Crippen LogP contribution in [0, 0.1) is 0 Å². The molecule has 146 valence electrons. The quantitative estimate of drug-likeness (QED) is 0.701. The molecule has 0 atom stereocenters. The summed E-state index contributed by atoms with van der Waals surface area (Å²) in [6.07, 6.45) is 5.06. The van der Waals surface area contributed by atoms with Crippen LogP contribution in [0.25, 0.3) is 0 Å². The van der Waals surface area contributed by atoms with E-state index >= 15 is 0 Å². The lowest BCUT2D eigenvalue weighted by atomic mass is 10.1. The maximum atomic E-state index is 6.25. The molecular formula is C22H30N2O3. The molecule has 3 rings (SSSR count). The van der Waals surface area contributed by atoms with Crippen molar-refractivity contribution in [3.63, 3.8) is 0 Å². The fourth-order valence-electron chi connectivity index (χ4n) is 3.47. The van der Waals surface area contributed by atoms with Crippen LogP contribution in [0.15, 0.2) is 42.5 Å². The standard InChI is InChI=1S/C22H30N2O3/c1-25-15-16-26-21-10-4-5-11-22(21)27-20-12-8-9-19(18(20)17-23)24-13-6-2-3-7-14-24/h4-5,8-12H,2-3,6-7,13-17,23H2,1H3. The van der Waals surface area contributed by atoms with Gasteiger partial charge in [-0.15, -0.1) is 0 Å². The number of hydrogen-bond acceptors (Lipinski definition) is 5. The summed E-state index contributed by atoms with van der Waals surface area (Å²) in [5.74, 6) is 2.19. The molecule has 0 radical (unpaired) electrons. The van der Waals surface area contributed by atoms with Crippen LogP contribution in [0.5, 0.6) is 17.2 Å². The van der Waals surface area contributed by atoms with Gasteiger partial charge in [0.2, 0.25) is 0 Å². The lowest BCUT2D eigenvalue weighted by Crippen LogP contribution is -2.25. The minimum atomic E-state index is 0.439. The molecular weight excluding hydrogens is 340 g/mol. The molecule has 5 nitrogen and oxygen atoms in total. The van der Waals surface area contributed by atoms with Crippen molar-refractivity contribution in [1.82, 2.24) is 0 Å². The van der Waals surface area contributed by atoms with E-state index in [9.17, 15) is 0 Å². The van der Waals surface area contributed by atoms with Crippen LogP contribution in [0.4, 0.5) is 5.69 Å². The third-order valence-corrected chi connectivity index (χ3v) is 4.87. The van der Waals surface area contributed by atoms with Crippen molar-refractivity contribution in [2.24, 2.45) is 5.73 Å². The van der Waals surface area contributed by atoms with Crippen LogP contribution >= 0.6 is 0 Å². The van der Waals surface area contributed by atoms with Crippen molar-refractivity contribution in [3.05, 3.63) is 48.0 Å². The van der Waals surface area contributed by atoms with E-state index in [4.69, 9.17) is 19.9 Å². The number of methoxy groups -OCH3 is 1. The van der Waals surface area contributed by atoms with E-state index in [1.165, 1.54) is 31.4 Å². The van der Waals surface area contributed by atoms with Crippen LogP contribution in [0.1, 0.15) is 31.2 Å². The minimum Gasteiger partial charge on any atom is -0.487 e. The highest BCUT2D eigenvalue weighted by molar-refractivity contribution is 5.60. The first-order valence-electron chi connectivity index (χ1n) is 9.79. The number of nitrogens with two attached hydrogens (primary N) is 1. The van der Waals surface area contributed by atoms with Crippen molar-refractivity contribution >= 4 is 5.69 Å². The lowest BCUT2D eigenvalue weighted by Gasteiger charge is -2.26. The van der Waals surface area contributed by atoms with Crippen LogP contribution in [-0.2, 0) is 11.3 Å². The first-order chi connectivity index (χ1) is 13.3. The monoisotopic (exact) mass is 370 g/mol. The van der Waals surface area contributed by atoms with Gasteiger partial charge in [-0.3, -0.25) is 0 Å². The molecule has 1 heterocycles. The number of hydrogen-bond donors (Lipinski definition) is 1. The molecule has 1 aliphatic heterocycles. The van der Waals surface area contributed by atoms with Gasteiger partial charge in [-0.2, -0.15) is 0 Å². The summed E-state index contributed by atoms with van der Waals surface area (Å²) in [6, 6.07) is 13.9. The maximum Gasteiger partial charge on any atom is 0.169 e. The highest BCUT2D eigenvalue weighted by Gasteiger charge is 2.17. The smallest absolute Gasteiger partial charge is 0.169 e. The predicted octanol–water partition coefficient (Wildman–Crippen LogP) is 4.34. The van der Waals surface area contributed by atoms with Gasteiger partial charge in [0, 0.05) is 38.0 Å². The second kappa shape index (κ2) is 10.2. The zero-order chi connectivity index (χ0) is 18.9. The Kier molecular flexibility index (Phi) is 7.36. The van der Waals surface area contributed by atoms with E-state index in [-0.39, 0.29) is 0 Å². The van der Waals surface area contributed by atoms with E-state index < -0.39 is 0 Å². The van der Waals surface area contributed by atoms with Gasteiger partial charge in [0.25, 0.3) is 0 Å². The van der Waals surface area contributed by atoms with Crippen molar-refractivity contribution < 1.29 is 14.2 Å². The average Bonchev–Trinajstić information content (AvgIpc) is 2.99. The Balaban J connectivity index is 1.84. The Morgan fingerprint density at radius 2 is 1.56 bits per heavy atom. The molecule has 0 bridgehead atoms. The van der Waals surface area contributed by atoms with E-state index in [0.29, 0.717) is 31.3 Å². The first kappa shape index (κ1) is 19.5. The number of anilines is 1. The van der Waals surface area contributed by atoms with Crippen molar-refractivity contribution in [3.8, 4) is 17.2 Å². The zero-order valence-corrected chi connectivity index (χ0v) is 16.2. The van der Waals surface area contributed by atoms with Crippen LogP contribution in [-0.4, -0.2) is 33.4 Å². The molecule has 2 aromatic carbocycles. The van der Waals surface area contributed by atoms with E-state index in [1.54, 1.807) is 7.11 Å². The molecule has 2 aromatic rings. The fourth-order valence-corrected chi connectivity index (χ4v) is 3.47. The number of nitrogens with zero attached hydrogens (tertiary/aromatic N) is 1. The Hall–Kier alpha value is -2.24.